The molecule has 2 rings (SSSR count). The molecule has 0 radical (unpaired) electrons. The van der Waals surface area contributed by atoms with Gasteiger partial charge in [0.1, 0.15) is 11.0 Å². The average molecular weight is 340 g/mol. The molecule has 2 aromatic rings. The van der Waals surface area contributed by atoms with Gasteiger partial charge in [0.05, 0.1) is 18.3 Å². The first-order valence-electron chi connectivity index (χ1n) is 7.69. The van der Waals surface area contributed by atoms with Crippen LogP contribution >= 0.6 is 11.6 Å². The van der Waals surface area contributed by atoms with Crippen molar-refractivity contribution in [1.82, 2.24) is 14.7 Å². The summed E-state index contributed by atoms with van der Waals surface area (Å²) in [5.74, 6) is -0.253. The summed E-state index contributed by atoms with van der Waals surface area (Å²) in [4.78, 5) is 2.12. The highest BCUT2D eigenvalue weighted by Crippen LogP contribution is 2.22. The normalized spacial score (nSPS) is 12.8. The lowest BCUT2D eigenvalue weighted by Gasteiger charge is -2.17. The van der Waals surface area contributed by atoms with Crippen LogP contribution in [-0.4, -0.2) is 39.5 Å². The number of benzene rings is 1. The van der Waals surface area contributed by atoms with Crippen LogP contribution in [0.2, 0.25) is 5.15 Å². The number of aliphatic hydroxyl groups excluding tert-OH is 1. The Morgan fingerprint density at radius 3 is 2.61 bits per heavy atom. The maximum absolute atomic E-state index is 13.0. The first kappa shape index (κ1) is 17.9. The van der Waals surface area contributed by atoms with E-state index in [1.165, 1.54) is 12.1 Å². The van der Waals surface area contributed by atoms with Crippen molar-refractivity contribution in [2.24, 2.45) is 0 Å². The Balaban J connectivity index is 2.08. The largest absolute Gasteiger partial charge is 0.393 e. The van der Waals surface area contributed by atoms with Crippen LogP contribution in [0, 0.1) is 12.7 Å². The monoisotopic (exact) mass is 339 g/mol. The molecule has 1 aromatic carbocycles. The molecule has 1 atom stereocenters. The molecular formula is C17H23ClFN3O. The zero-order valence-electron chi connectivity index (χ0n) is 13.8. The molecule has 0 bridgehead atoms. The number of aromatic nitrogens is 2. The molecule has 1 aromatic heterocycles. The lowest BCUT2D eigenvalue weighted by molar-refractivity contribution is 0.163. The standard InChI is InChI=1S/C17H23ClFN3O/c1-12(23)8-9-21(3)11-16-13(2)20-22(17(16)18)10-14-4-6-15(19)7-5-14/h4-7,12,23H,8-11H2,1-3H3. The Hall–Kier alpha value is -1.43. The molecule has 0 fully saturated rings. The molecule has 0 saturated heterocycles. The highest BCUT2D eigenvalue weighted by atomic mass is 35.5. The van der Waals surface area contributed by atoms with E-state index in [9.17, 15) is 9.50 Å². The van der Waals surface area contributed by atoms with Crippen molar-refractivity contribution in [1.29, 1.82) is 0 Å². The van der Waals surface area contributed by atoms with E-state index >= 15 is 0 Å². The zero-order chi connectivity index (χ0) is 17.0. The number of nitrogens with zero attached hydrogens (tertiary/aromatic N) is 3. The van der Waals surface area contributed by atoms with E-state index in [1.807, 2.05) is 14.0 Å². The average Bonchev–Trinajstić information content (AvgIpc) is 2.75. The molecule has 23 heavy (non-hydrogen) atoms. The van der Waals surface area contributed by atoms with Crippen molar-refractivity contribution in [2.45, 2.75) is 39.5 Å². The topological polar surface area (TPSA) is 41.3 Å². The Labute approximate surface area is 141 Å². The van der Waals surface area contributed by atoms with Crippen molar-refractivity contribution in [2.75, 3.05) is 13.6 Å². The lowest BCUT2D eigenvalue weighted by atomic mass is 10.2. The molecule has 1 heterocycles. The summed E-state index contributed by atoms with van der Waals surface area (Å²) >= 11 is 6.47. The summed E-state index contributed by atoms with van der Waals surface area (Å²) in [7, 11) is 2.00. The predicted octanol–water partition coefficient (Wildman–Crippen LogP) is 3.24. The first-order valence-corrected chi connectivity index (χ1v) is 8.07. The summed E-state index contributed by atoms with van der Waals surface area (Å²) < 4.78 is 14.7. The Kier molecular flexibility index (Phi) is 6.16. The van der Waals surface area contributed by atoms with Crippen LogP contribution in [0.5, 0.6) is 0 Å². The van der Waals surface area contributed by atoms with Crippen LogP contribution in [0.1, 0.15) is 30.2 Å². The van der Waals surface area contributed by atoms with Gasteiger partial charge in [0.2, 0.25) is 0 Å². The third-order valence-corrected chi connectivity index (χ3v) is 4.21. The molecule has 6 heteroatoms. The van der Waals surface area contributed by atoms with E-state index < -0.39 is 0 Å². The summed E-state index contributed by atoms with van der Waals surface area (Å²) in [6, 6.07) is 6.34. The predicted molar refractivity (Wildman–Crippen MR) is 90.1 cm³/mol. The van der Waals surface area contributed by atoms with Crippen molar-refractivity contribution < 1.29 is 9.50 Å². The fourth-order valence-electron chi connectivity index (χ4n) is 2.39. The smallest absolute Gasteiger partial charge is 0.132 e. The Morgan fingerprint density at radius 1 is 1.35 bits per heavy atom. The Morgan fingerprint density at radius 2 is 2.00 bits per heavy atom. The van der Waals surface area contributed by atoms with E-state index in [4.69, 9.17) is 11.6 Å². The fraction of sp³-hybridized carbons (Fsp3) is 0.471. The molecule has 0 spiro atoms. The van der Waals surface area contributed by atoms with Gasteiger partial charge in [-0.3, -0.25) is 0 Å². The summed E-state index contributed by atoms with van der Waals surface area (Å²) in [6.45, 7) is 5.70. The van der Waals surface area contributed by atoms with E-state index in [2.05, 4.69) is 10.00 Å². The fourth-order valence-corrected chi connectivity index (χ4v) is 2.69. The molecule has 0 aliphatic heterocycles. The second-order valence-corrected chi connectivity index (χ2v) is 6.37. The molecule has 1 unspecified atom stereocenters. The maximum atomic E-state index is 13.0. The van der Waals surface area contributed by atoms with Crippen molar-refractivity contribution in [3.63, 3.8) is 0 Å². The molecule has 0 aliphatic rings. The molecule has 0 amide bonds. The van der Waals surface area contributed by atoms with Crippen LogP contribution in [0.3, 0.4) is 0 Å². The zero-order valence-corrected chi connectivity index (χ0v) is 14.5. The van der Waals surface area contributed by atoms with Gasteiger partial charge in [-0.1, -0.05) is 23.7 Å². The van der Waals surface area contributed by atoms with Crippen molar-refractivity contribution in [3.05, 3.63) is 52.1 Å². The highest BCUT2D eigenvalue weighted by molar-refractivity contribution is 6.30. The summed E-state index contributed by atoms with van der Waals surface area (Å²) in [5.41, 5.74) is 2.83. The lowest BCUT2D eigenvalue weighted by Crippen LogP contribution is -2.22. The van der Waals surface area contributed by atoms with Crippen LogP contribution in [0.25, 0.3) is 0 Å². The van der Waals surface area contributed by atoms with Gasteiger partial charge < -0.3 is 10.0 Å². The van der Waals surface area contributed by atoms with Gasteiger partial charge in [0.15, 0.2) is 0 Å². The SMILES string of the molecule is Cc1nn(Cc2ccc(F)cc2)c(Cl)c1CN(C)CCC(C)O. The van der Waals surface area contributed by atoms with Gasteiger partial charge in [-0.05, 0) is 45.0 Å². The number of hydrogen-bond donors (Lipinski definition) is 1. The van der Waals surface area contributed by atoms with Crippen LogP contribution < -0.4 is 0 Å². The minimum Gasteiger partial charge on any atom is -0.393 e. The van der Waals surface area contributed by atoms with Gasteiger partial charge in [0.25, 0.3) is 0 Å². The third kappa shape index (κ3) is 5.03. The number of aliphatic hydroxyl groups is 1. The van der Waals surface area contributed by atoms with Crippen LogP contribution in [0.4, 0.5) is 4.39 Å². The molecule has 4 nitrogen and oxygen atoms in total. The minimum absolute atomic E-state index is 0.253. The second-order valence-electron chi connectivity index (χ2n) is 6.01. The van der Waals surface area contributed by atoms with Gasteiger partial charge in [-0.2, -0.15) is 5.10 Å². The van der Waals surface area contributed by atoms with E-state index in [0.717, 1.165) is 29.8 Å². The van der Waals surface area contributed by atoms with Crippen LogP contribution in [-0.2, 0) is 13.1 Å². The van der Waals surface area contributed by atoms with Crippen LogP contribution in [0.15, 0.2) is 24.3 Å². The second kappa shape index (κ2) is 7.90. The van der Waals surface area contributed by atoms with Gasteiger partial charge in [-0.15, -0.1) is 0 Å². The Bertz CT molecular complexity index is 640. The highest BCUT2D eigenvalue weighted by Gasteiger charge is 2.15. The van der Waals surface area contributed by atoms with Crippen molar-refractivity contribution in [3.8, 4) is 0 Å². The number of aryl methyl sites for hydroxylation is 1. The van der Waals surface area contributed by atoms with Gasteiger partial charge in [0, 0.05) is 18.7 Å². The molecule has 1 N–H and O–H groups in total. The first-order chi connectivity index (χ1) is 10.9. The quantitative estimate of drug-likeness (QED) is 0.842. The maximum Gasteiger partial charge on any atom is 0.132 e. The molecule has 0 saturated carbocycles. The molecular weight excluding hydrogens is 317 g/mol. The summed E-state index contributed by atoms with van der Waals surface area (Å²) in [6.07, 6.45) is 0.409. The van der Waals surface area contributed by atoms with E-state index in [-0.39, 0.29) is 11.9 Å². The number of hydrogen-bond acceptors (Lipinski definition) is 3. The summed E-state index contributed by atoms with van der Waals surface area (Å²) in [5, 5.41) is 14.5. The molecule has 126 valence electrons. The van der Waals surface area contributed by atoms with Crippen molar-refractivity contribution >= 4 is 11.6 Å². The van der Waals surface area contributed by atoms with E-state index in [0.29, 0.717) is 18.2 Å². The number of rotatable bonds is 7. The van der Waals surface area contributed by atoms with Gasteiger partial charge >= 0.3 is 0 Å². The minimum atomic E-state index is -0.310. The van der Waals surface area contributed by atoms with Gasteiger partial charge in [-0.25, -0.2) is 9.07 Å². The van der Waals surface area contributed by atoms with E-state index in [1.54, 1.807) is 23.7 Å². The third-order valence-electron chi connectivity index (χ3n) is 3.79. The molecule has 0 aliphatic carbocycles. The number of halogens is 2.